The van der Waals surface area contributed by atoms with Crippen molar-refractivity contribution in [2.75, 3.05) is 6.54 Å². The number of nitrogens with zero attached hydrogens (tertiary/aromatic N) is 1. The average molecular weight is 244 g/mol. The fraction of sp³-hybridized carbons (Fsp3) is 0.818. The van der Waals surface area contributed by atoms with Gasteiger partial charge in [-0.3, -0.25) is 4.79 Å². The van der Waals surface area contributed by atoms with E-state index in [9.17, 15) is 4.79 Å². The predicted molar refractivity (Wildman–Crippen MR) is 67.9 cm³/mol. The highest BCUT2D eigenvalue weighted by atomic mass is 16.4. The van der Waals surface area contributed by atoms with E-state index in [1.54, 1.807) is 6.92 Å². The Morgan fingerprint density at radius 3 is 2.41 bits per heavy atom. The third kappa shape index (κ3) is 7.57. The summed E-state index contributed by atoms with van der Waals surface area (Å²) < 4.78 is 0. The Morgan fingerprint density at radius 1 is 1.35 bits per heavy atom. The van der Waals surface area contributed by atoms with Crippen LogP contribution in [-0.4, -0.2) is 35.6 Å². The summed E-state index contributed by atoms with van der Waals surface area (Å²) in [5, 5.41) is 17.2. The number of hydrogen-bond donors (Lipinski definition) is 4. The summed E-state index contributed by atoms with van der Waals surface area (Å²) in [5.74, 6) is 0.547. The van der Waals surface area contributed by atoms with Gasteiger partial charge in [-0.25, -0.2) is 0 Å². The topological polar surface area (TPSA) is 99.7 Å². The van der Waals surface area contributed by atoms with Crippen molar-refractivity contribution in [1.29, 1.82) is 0 Å². The second-order valence-corrected chi connectivity index (χ2v) is 4.72. The number of rotatable bonds is 7. The molecule has 0 radical (unpaired) electrons. The first kappa shape index (κ1) is 15.7. The van der Waals surface area contributed by atoms with Gasteiger partial charge in [-0.2, -0.15) is 0 Å². The number of oxime groups is 1. The lowest BCUT2D eigenvalue weighted by molar-refractivity contribution is -0.123. The van der Waals surface area contributed by atoms with Crippen LogP contribution >= 0.6 is 0 Å². The highest BCUT2D eigenvalue weighted by Crippen LogP contribution is 1.95. The van der Waals surface area contributed by atoms with Gasteiger partial charge in [0.15, 0.2) is 0 Å². The number of amides is 1. The van der Waals surface area contributed by atoms with Crippen molar-refractivity contribution in [2.24, 2.45) is 16.8 Å². The lowest BCUT2D eigenvalue weighted by Gasteiger charge is -2.19. The third-order valence-electron chi connectivity index (χ3n) is 2.26. The Morgan fingerprint density at radius 2 is 1.94 bits per heavy atom. The minimum atomic E-state index is -0.296. The highest BCUT2D eigenvalue weighted by molar-refractivity contribution is 5.82. The number of hydrogen-bond acceptors (Lipinski definition) is 4. The molecule has 1 amide bonds. The maximum Gasteiger partial charge on any atom is 0.236 e. The maximum atomic E-state index is 11.7. The summed E-state index contributed by atoms with van der Waals surface area (Å²) in [6.45, 7) is 8.42. The van der Waals surface area contributed by atoms with Crippen LogP contribution in [0.25, 0.3) is 0 Å². The van der Waals surface area contributed by atoms with E-state index in [4.69, 9.17) is 10.9 Å². The Labute approximate surface area is 103 Å². The van der Waals surface area contributed by atoms with Gasteiger partial charge in [0.25, 0.3) is 0 Å². The molecular weight excluding hydrogens is 220 g/mol. The maximum absolute atomic E-state index is 11.7. The molecule has 0 rings (SSSR count). The molecule has 100 valence electrons. The number of carbonyl (C=O) groups is 1. The van der Waals surface area contributed by atoms with Crippen molar-refractivity contribution in [3.8, 4) is 0 Å². The monoisotopic (exact) mass is 244 g/mol. The van der Waals surface area contributed by atoms with Gasteiger partial charge in [0.2, 0.25) is 5.91 Å². The van der Waals surface area contributed by atoms with Gasteiger partial charge in [-0.1, -0.05) is 19.0 Å². The summed E-state index contributed by atoms with van der Waals surface area (Å²) in [6, 6.07) is -0.319. The molecule has 17 heavy (non-hydrogen) atoms. The molecule has 0 aliphatic rings. The molecule has 5 N–H and O–H groups in total. The van der Waals surface area contributed by atoms with E-state index < -0.39 is 0 Å². The first-order valence-corrected chi connectivity index (χ1v) is 5.87. The number of amidine groups is 1. The normalized spacial score (nSPS) is 15.7. The van der Waals surface area contributed by atoms with Crippen molar-refractivity contribution in [2.45, 2.75) is 46.2 Å². The minimum absolute atomic E-state index is 0.0225. The van der Waals surface area contributed by atoms with Crippen molar-refractivity contribution >= 4 is 11.7 Å². The zero-order valence-corrected chi connectivity index (χ0v) is 11.0. The fourth-order valence-corrected chi connectivity index (χ4v) is 1.37. The van der Waals surface area contributed by atoms with Crippen molar-refractivity contribution in [1.82, 2.24) is 10.6 Å². The fourth-order valence-electron chi connectivity index (χ4n) is 1.37. The zero-order valence-electron chi connectivity index (χ0n) is 11.0. The van der Waals surface area contributed by atoms with Crippen LogP contribution in [-0.2, 0) is 4.79 Å². The summed E-state index contributed by atoms with van der Waals surface area (Å²) in [4.78, 5) is 11.7. The zero-order chi connectivity index (χ0) is 13.4. The van der Waals surface area contributed by atoms with Crippen LogP contribution < -0.4 is 16.4 Å². The molecule has 0 aliphatic heterocycles. The number of carbonyl (C=O) groups excluding carboxylic acids is 1. The van der Waals surface area contributed by atoms with Crippen LogP contribution in [0.5, 0.6) is 0 Å². The summed E-state index contributed by atoms with van der Waals surface area (Å²) in [5.41, 5.74) is 5.38. The van der Waals surface area contributed by atoms with E-state index >= 15 is 0 Å². The van der Waals surface area contributed by atoms with Crippen LogP contribution in [0.1, 0.15) is 34.1 Å². The molecule has 0 saturated carbocycles. The molecule has 6 heteroatoms. The minimum Gasteiger partial charge on any atom is -0.409 e. The SMILES string of the molecule is CC(C)CNC(=O)C(C)NC(C)CC(N)=NO. The highest BCUT2D eigenvalue weighted by Gasteiger charge is 2.15. The molecule has 0 aromatic heterocycles. The molecule has 0 spiro atoms. The Hall–Kier alpha value is -1.30. The Kier molecular flexibility index (Phi) is 7.29. The predicted octanol–water partition coefficient (Wildman–Crippen LogP) is 0.262. The van der Waals surface area contributed by atoms with Gasteiger partial charge in [0.1, 0.15) is 5.84 Å². The van der Waals surface area contributed by atoms with Crippen LogP contribution in [0.3, 0.4) is 0 Å². The first-order chi connectivity index (χ1) is 7.86. The molecule has 0 aliphatic carbocycles. The van der Waals surface area contributed by atoms with Gasteiger partial charge < -0.3 is 21.6 Å². The molecule has 2 unspecified atom stereocenters. The molecule has 0 heterocycles. The smallest absolute Gasteiger partial charge is 0.236 e. The van der Waals surface area contributed by atoms with Gasteiger partial charge in [0, 0.05) is 19.0 Å². The molecule has 0 aromatic carbocycles. The van der Waals surface area contributed by atoms with Crippen molar-refractivity contribution in [3.63, 3.8) is 0 Å². The third-order valence-corrected chi connectivity index (χ3v) is 2.26. The second-order valence-electron chi connectivity index (χ2n) is 4.72. The van der Waals surface area contributed by atoms with E-state index in [0.29, 0.717) is 18.9 Å². The Balaban J connectivity index is 3.98. The Bertz CT molecular complexity index is 266. The van der Waals surface area contributed by atoms with E-state index in [-0.39, 0.29) is 23.8 Å². The van der Waals surface area contributed by atoms with E-state index in [2.05, 4.69) is 15.8 Å². The van der Waals surface area contributed by atoms with E-state index in [0.717, 1.165) is 0 Å². The molecule has 0 fully saturated rings. The van der Waals surface area contributed by atoms with Crippen molar-refractivity contribution in [3.05, 3.63) is 0 Å². The molecule has 0 bridgehead atoms. The standard InChI is InChI=1S/C11H24N4O2/c1-7(2)6-13-11(16)9(4)14-8(3)5-10(12)15-17/h7-9,14,17H,5-6H2,1-4H3,(H2,12,15)(H,13,16). The van der Waals surface area contributed by atoms with Gasteiger partial charge in [-0.05, 0) is 19.8 Å². The van der Waals surface area contributed by atoms with Crippen LogP contribution in [0, 0.1) is 5.92 Å². The van der Waals surface area contributed by atoms with Gasteiger partial charge in [-0.15, -0.1) is 0 Å². The van der Waals surface area contributed by atoms with Crippen LogP contribution in [0.2, 0.25) is 0 Å². The van der Waals surface area contributed by atoms with E-state index in [1.807, 2.05) is 20.8 Å². The second kappa shape index (κ2) is 7.89. The van der Waals surface area contributed by atoms with Crippen molar-refractivity contribution < 1.29 is 10.0 Å². The first-order valence-electron chi connectivity index (χ1n) is 5.87. The summed E-state index contributed by atoms with van der Waals surface area (Å²) in [6.07, 6.45) is 0.401. The molecule has 0 saturated heterocycles. The van der Waals surface area contributed by atoms with E-state index in [1.165, 1.54) is 0 Å². The molecular formula is C11H24N4O2. The number of nitrogens with one attached hydrogen (secondary N) is 2. The van der Waals surface area contributed by atoms with Crippen LogP contribution in [0.15, 0.2) is 5.16 Å². The average Bonchev–Trinajstić information content (AvgIpc) is 2.25. The summed E-state index contributed by atoms with van der Waals surface area (Å²) >= 11 is 0. The number of nitrogens with two attached hydrogens (primary N) is 1. The lowest BCUT2D eigenvalue weighted by Crippen LogP contribution is -2.47. The summed E-state index contributed by atoms with van der Waals surface area (Å²) in [7, 11) is 0. The molecule has 6 nitrogen and oxygen atoms in total. The quantitative estimate of drug-likeness (QED) is 0.223. The molecule has 0 aromatic rings. The lowest BCUT2D eigenvalue weighted by atomic mass is 10.1. The van der Waals surface area contributed by atoms with Gasteiger partial charge >= 0.3 is 0 Å². The largest absolute Gasteiger partial charge is 0.409 e. The molecule has 2 atom stereocenters. The van der Waals surface area contributed by atoms with Crippen LogP contribution in [0.4, 0.5) is 0 Å². The van der Waals surface area contributed by atoms with Gasteiger partial charge in [0.05, 0.1) is 6.04 Å².